The maximum atomic E-state index is 12.2. The van der Waals surface area contributed by atoms with E-state index in [1.807, 2.05) is 55.4 Å². The zero-order chi connectivity index (χ0) is 14.5. The molecule has 4 nitrogen and oxygen atoms in total. The van der Waals surface area contributed by atoms with E-state index in [9.17, 15) is 4.79 Å². The van der Waals surface area contributed by atoms with Gasteiger partial charge in [-0.05, 0) is 36.4 Å². The largest absolute Gasteiger partial charge is 0.495 e. The van der Waals surface area contributed by atoms with E-state index in [4.69, 9.17) is 4.74 Å². The topological polar surface area (TPSA) is 41.6 Å². The Morgan fingerprint density at radius 3 is 2.30 bits per heavy atom. The van der Waals surface area contributed by atoms with Crippen molar-refractivity contribution in [2.45, 2.75) is 0 Å². The van der Waals surface area contributed by atoms with Gasteiger partial charge in [-0.15, -0.1) is 0 Å². The molecule has 1 amide bonds. The van der Waals surface area contributed by atoms with Crippen molar-refractivity contribution in [3.63, 3.8) is 0 Å². The molecule has 0 spiro atoms. The summed E-state index contributed by atoms with van der Waals surface area (Å²) in [5.41, 5.74) is 2.33. The van der Waals surface area contributed by atoms with E-state index in [1.54, 1.807) is 19.2 Å². The summed E-state index contributed by atoms with van der Waals surface area (Å²) >= 11 is 0. The van der Waals surface area contributed by atoms with Gasteiger partial charge in [-0.3, -0.25) is 4.79 Å². The van der Waals surface area contributed by atoms with Crippen LogP contribution in [-0.2, 0) is 0 Å². The molecule has 2 aromatic rings. The quantitative estimate of drug-likeness (QED) is 0.928. The molecule has 0 aliphatic rings. The fraction of sp³-hybridized carbons (Fsp3) is 0.188. The number of nitrogens with zero attached hydrogens (tertiary/aromatic N) is 1. The Hall–Kier alpha value is -2.49. The smallest absolute Gasteiger partial charge is 0.255 e. The minimum atomic E-state index is -0.153. The van der Waals surface area contributed by atoms with Crippen molar-refractivity contribution >= 4 is 17.3 Å². The van der Waals surface area contributed by atoms with Crippen LogP contribution in [0.3, 0.4) is 0 Å². The van der Waals surface area contributed by atoms with Gasteiger partial charge >= 0.3 is 0 Å². The highest BCUT2D eigenvalue weighted by atomic mass is 16.5. The number of methoxy groups -OCH3 is 1. The molecule has 2 rings (SSSR count). The van der Waals surface area contributed by atoms with Crippen molar-refractivity contribution in [2.24, 2.45) is 0 Å². The zero-order valence-electron chi connectivity index (χ0n) is 11.9. The summed E-state index contributed by atoms with van der Waals surface area (Å²) in [6, 6.07) is 14.8. The van der Waals surface area contributed by atoms with E-state index >= 15 is 0 Å². The average molecular weight is 270 g/mol. The second-order valence-electron chi connectivity index (χ2n) is 4.60. The van der Waals surface area contributed by atoms with Crippen LogP contribution in [0.2, 0.25) is 0 Å². The molecule has 104 valence electrons. The summed E-state index contributed by atoms with van der Waals surface area (Å²) in [7, 11) is 5.50. The van der Waals surface area contributed by atoms with Crippen LogP contribution in [0.5, 0.6) is 5.75 Å². The summed E-state index contributed by atoms with van der Waals surface area (Å²) < 4.78 is 5.21. The van der Waals surface area contributed by atoms with Gasteiger partial charge in [0.1, 0.15) is 5.75 Å². The van der Waals surface area contributed by atoms with Crippen LogP contribution in [-0.4, -0.2) is 27.1 Å². The number of anilines is 2. The minimum absolute atomic E-state index is 0.153. The number of nitrogens with one attached hydrogen (secondary N) is 1. The van der Waals surface area contributed by atoms with Crippen LogP contribution in [0.15, 0.2) is 48.5 Å². The summed E-state index contributed by atoms with van der Waals surface area (Å²) in [4.78, 5) is 14.2. The minimum Gasteiger partial charge on any atom is -0.495 e. The van der Waals surface area contributed by atoms with E-state index in [1.165, 1.54) is 0 Å². The molecule has 0 saturated carbocycles. The SMILES string of the molecule is COc1ccccc1NC(=O)c1ccc(N(C)C)cc1. The van der Waals surface area contributed by atoms with Gasteiger partial charge in [-0.1, -0.05) is 12.1 Å². The molecule has 0 atom stereocenters. The lowest BCUT2D eigenvalue weighted by Crippen LogP contribution is -2.13. The highest BCUT2D eigenvalue weighted by Crippen LogP contribution is 2.23. The molecule has 0 radical (unpaired) electrons. The normalized spacial score (nSPS) is 9.95. The predicted molar refractivity (Wildman–Crippen MR) is 81.7 cm³/mol. The van der Waals surface area contributed by atoms with Crippen molar-refractivity contribution in [3.8, 4) is 5.75 Å². The second-order valence-corrected chi connectivity index (χ2v) is 4.60. The molecule has 1 N–H and O–H groups in total. The third kappa shape index (κ3) is 3.09. The molecule has 0 fully saturated rings. The average Bonchev–Trinajstić information content (AvgIpc) is 2.48. The van der Waals surface area contributed by atoms with Crippen LogP contribution < -0.4 is 15.0 Å². The van der Waals surface area contributed by atoms with E-state index in [0.29, 0.717) is 17.0 Å². The summed E-state index contributed by atoms with van der Waals surface area (Å²) in [5.74, 6) is 0.491. The summed E-state index contributed by atoms with van der Waals surface area (Å²) in [6.07, 6.45) is 0. The van der Waals surface area contributed by atoms with Gasteiger partial charge in [0.2, 0.25) is 0 Å². The molecule has 0 bridgehead atoms. The van der Waals surface area contributed by atoms with Crippen LogP contribution in [0.4, 0.5) is 11.4 Å². The fourth-order valence-corrected chi connectivity index (χ4v) is 1.85. The maximum absolute atomic E-state index is 12.2. The highest BCUT2D eigenvalue weighted by molar-refractivity contribution is 6.05. The summed E-state index contributed by atoms with van der Waals surface area (Å²) in [6.45, 7) is 0. The molecule has 0 aliphatic carbocycles. The lowest BCUT2D eigenvalue weighted by Gasteiger charge is -2.13. The van der Waals surface area contributed by atoms with Crippen LogP contribution in [0, 0.1) is 0 Å². The molecular formula is C16H18N2O2. The first-order chi connectivity index (χ1) is 9.61. The molecule has 4 heteroatoms. The first-order valence-electron chi connectivity index (χ1n) is 6.33. The Kier molecular flexibility index (Phi) is 4.25. The van der Waals surface area contributed by atoms with Gasteiger partial charge in [0, 0.05) is 25.3 Å². The van der Waals surface area contributed by atoms with Crippen molar-refractivity contribution in [3.05, 3.63) is 54.1 Å². The molecule has 0 heterocycles. The van der Waals surface area contributed by atoms with Crippen molar-refractivity contribution in [2.75, 3.05) is 31.4 Å². The van der Waals surface area contributed by atoms with Gasteiger partial charge in [0.25, 0.3) is 5.91 Å². The highest BCUT2D eigenvalue weighted by Gasteiger charge is 2.09. The lowest BCUT2D eigenvalue weighted by molar-refractivity contribution is 0.102. The maximum Gasteiger partial charge on any atom is 0.255 e. The number of carbonyl (C=O) groups excluding carboxylic acids is 1. The number of benzene rings is 2. The first kappa shape index (κ1) is 13.9. The lowest BCUT2D eigenvalue weighted by atomic mass is 10.2. The Morgan fingerprint density at radius 2 is 1.70 bits per heavy atom. The van der Waals surface area contributed by atoms with Gasteiger partial charge in [-0.2, -0.15) is 0 Å². The van der Waals surface area contributed by atoms with Crippen molar-refractivity contribution in [1.82, 2.24) is 0 Å². The van der Waals surface area contributed by atoms with Gasteiger partial charge in [-0.25, -0.2) is 0 Å². The number of amides is 1. The third-order valence-corrected chi connectivity index (χ3v) is 3.00. The van der Waals surface area contributed by atoms with E-state index < -0.39 is 0 Å². The molecule has 2 aromatic carbocycles. The van der Waals surface area contributed by atoms with Crippen LogP contribution in [0.25, 0.3) is 0 Å². The predicted octanol–water partition coefficient (Wildman–Crippen LogP) is 3.01. The number of hydrogen-bond acceptors (Lipinski definition) is 3. The number of ether oxygens (including phenoxy) is 1. The monoisotopic (exact) mass is 270 g/mol. The second kappa shape index (κ2) is 6.10. The van der Waals surface area contributed by atoms with Gasteiger partial charge < -0.3 is 15.0 Å². The van der Waals surface area contributed by atoms with E-state index in [2.05, 4.69) is 5.32 Å². The molecule has 0 saturated heterocycles. The number of hydrogen-bond donors (Lipinski definition) is 1. The summed E-state index contributed by atoms with van der Waals surface area (Å²) in [5, 5.41) is 2.85. The Balaban J connectivity index is 2.15. The van der Waals surface area contributed by atoms with Gasteiger partial charge in [0.05, 0.1) is 12.8 Å². The number of carbonyl (C=O) groups is 1. The molecule has 0 aliphatic heterocycles. The van der Waals surface area contributed by atoms with Crippen LogP contribution >= 0.6 is 0 Å². The first-order valence-corrected chi connectivity index (χ1v) is 6.33. The van der Waals surface area contributed by atoms with E-state index in [0.717, 1.165) is 5.69 Å². The Morgan fingerprint density at radius 1 is 1.05 bits per heavy atom. The molecule has 0 aromatic heterocycles. The van der Waals surface area contributed by atoms with Crippen molar-refractivity contribution < 1.29 is 9.53 Å². The Bertz CT molecular complexity index is 592. The van der Waals surface area contributed by atoms with Crippen LogP contribution in [0.1, 0.15) is 10.4 Å². The van der Waals surface area contributed by atoms with Gasteiger partial charge in [0.15, 0.2) is 0 Å². The molecular weight excluding hydrogens is 252 g/mol. The number of rotatable bonds is 4. The van der Waals surface area contributed by atoms with Crippen molar-refractivity contribution in [1.29, 1.82) is 0 Å². The Labute approximate surface area is 119 Å². The molecule has 20 heavy (non-hydrogen) atoms. The number of para-hydroxylation sites is 2. The third-order valence-electron chi connectivity index (χ3n) is 3.00. The molecule has 0 unspecified atom stereocenters. The zero-order valence-corrected chi connectivity index (χ0v) is 11.9. The van der Waals surface area contributed by atoms with E-state index in [-0.39, 0.29) is 5.91 Å². The standard InChI is InChI=1S/C16H18N2O2/c1-18(2)13-10-8-12(9-11-13)16(19)17-14-6-4-5-7-15(14)20-3/h4-11H,1-3H3,(H,17,19). The fourth-order valence-electron chi connectivity index (χ4n) is 1.85.